The Hall–Kier alpha value is -1.57. The van der Waals surface area contributed by atoms with Gasteiger partial charge in [-0.2, -0.15) is 0 Å². The van der Waals surface area contributed by atoms with E-state index in [0.717, 1.165) is 12.8 Å². The first-order valence-corrected chi connectivity index (χ1v) is 10.2. The standard InChI is InChI=1S/C22H31O3P/c1-21(2,3)15-17-7-11-19(12-8-17)24-26(23)25-20-13-9-18(10-14-20)16-22(4,5)6/h7-14,23H,15-16H2,1-6H3. The van der Waals surface area contributed by atoms with E-state index >= 15 is 0 Å². The smallest absolute Gasteiger partial charge is 0.418 e. The maximum Gasteiger partial charge on any atom is 0.460 e. The second kappa shape index (κ2) is 8.41. The monoisotopic (exact) mass is 374 g/mol. The first-order chi connectivity index (χ1) is 12.0. The maximum absolute atomic E-state index is 10.1. The van der Waals surface area contributed by atoms with E-state index in [1.54, 1.807) is 0 Å². The number of hydrogen-bond donors (Lipinski definition) is 1. The molecule has 4 heteroatoms. The summed E-state index contributed by atoms with van der Waals surface area (Å²) in [7, 11) is -2.01. The highest BCUT2D eigenvalue weighted by Crippen LogP contribution is 2.37. The molecule has 0 heterocycles. The molecule has 0 amide bonds. The van der Waals surface area contributed by atoms with Crippen molar-refractivity contribution in [3.05, 3.63) is 59.7 Å². The van der Waals surface area contributed by atoms with Crippen LogP contribution in [0.4, 0.5) is 0 Å². The predicted molar refractivity (Wildman–Crippen MR) is 110 cm³/mol. The van der Waals surface area contributed by atoms with Crippen LogP contribution in [-0.4, -0.2) is 4.89 Å². The lowest BCUT2D eigenvalue weighted by Gasteiger charge is -2.19. The van der Waals surface area contributed by atoms with Crippen LogP contribution >= 0.6 is 8.60 Å². The zero-order valence-corrected chi connectivity index (χ0v) is 17.6. The second-order valence-corrected chi connectivity index (χ2v) is 10.0. The molecule has 0 atom stereocenters. The van der Waals surface area contributed by atoms with Crippen LogP contribution in [0.3, 0.4) is 0 Å². The molecule has 3 nitrogen and oxygen atoms in total. The number of benzene rings is 2. The Morgan fingerprint density at radius 1 is 0.654 bits per heavy atom. The van der Waals surface area contributed by atoms with Gasteiger partial charge in [-0.05, 0) is 59.1 Å². The van der Waals surface area contributed by atoms with Gasteiger partial charge in [-0.25, -0.2) is 0 Å². The molecule has 0 spiro atoms. The van der Waals surface area contributed by atoms with Gasteiger partial charge in [-0.15, -0.1) is 0 Å². The lowest BCUT2D eigenvalue weighted by atomic mass is 9.88. The largest absolute Gasteiger partial charge is 0.460 e. The molecule has 0 saturated heterocycles. The molecule has 0 radical (unpaired) electrons. The van der Waals surface area contributed by atoms with Crippen molar-refractivity contribution in [2.75, 3.05) is 0 Å². The third-order valence-electron chi connectivity index (χ3n) is 3.68. The molecule has 0 fully saturated rings. The molecule has 1 N–H and O–H groups in total. The Labute approximate surface area is 159 Å². The van der Waals surface area contributed by atoms with E-state index in [2.05, 4.69) is 41.5 Å². The summed E-state index contributed by atoms with van der Waals surface area (Å²) in [5.41, 5.74) is 2.99. The van der Waals surface area contributed by atoms with Crippen molar-refractivity contribution in [1.29, 1.82) is 0 Å². The van der Waals surface area contributed by atoms with E-state index in [-0.39, 0.29) is 10.8 Å². The lowest BCUT2D eigenvalue weighted by Crippen LogP contribution is -2.09. The zero-order chi connectivity index (χ0) is 19.4. The van der Waals surface area contributed by atoms with Crippen molar-refractivity contribution in [1.82, 2.24) is 0 Å². The summed E-state index contributed by atoms with van der Waals surface area (Å²) in [6.45, 7) is 13.3. The summed E-state index contributed by atoms with van der Waals surface area (Å²) >= 11 is 0. The van der Waals surface area contributed by atoms with Gasteiger partial charge in [0, 0.05) is 0 Å². The van der Waals surface area contributed by atoms with E-state index in [1.807, 2.05) is 48.5 Å². The normalized spacial score (nSPS) is 12.3. The van der Waals surface area contributed by atoms with Gasteiger partial charge in [-0.1, -0.05) is 65.8 Å². The third kappa shape index (κ3) is 7.76. The molecule has 0 aromatic heterocycles. The van der Waals surface area contributed by atoms with Crippen molar-refractivity contribution in [3.8, 4) is 11.5 Å². The third-order valence-corrected chi connectivity index (χ3v) is 4.42. The van der Waals surface area contributed by atoms with Crippen LogP contribution in [0.2, 0.25) is 0 Å². The van der Waals surface area contributed by atoms with E-state index in [4.69, 9.17) is 9.05 Å². The van der Waals surface area contributed by atoms with E-state index in [1.165, 1.54) is 11.1 Å². The van der Waals surface area contributed by atoms with Gasteiger partial charge < -0.3 is 13.9 Å². The molecular formula is C22H31O3P. The summed E-state index contributed by atoms with van der Waals surface area (Å²) in [6.07, 6.45) is 2.00. The summed E-state index contributed by atoms with van der Waals surface area (Å²) in [5, 5.41) is 0. The van der Waals surface area contributed by atoms with E-state index in [9.17, 15) is 4.89 Å². The fraction of sp³-hybridized carbons (Fsp3) is 0.455. The SMILES string of the molecule is CC(C)(C)Cc1ccc(OP(O)Oc2ccc(CC(C)(C)C)cc2)cc1. The molecule has 0 bridgehead atoms. The van der Waals surface area contributed by atoms with Crippen LogP contribution in [0.15, 0.2) is 48.5 Å². The quantitative estimate of drug-likeness (QED) is 0.583. The van der Waals surface area contributed by atoms with Gasteiger partial charge >= 0.3 is 8.60 Å². The topological polar surface area (TPSA) is 38.7 Å². The Bertz CT molecular complexity index is 618. The fourth-order valence-corrected chi connectivity index (χ4v) is 3.40. The molecule has 26 heavy (non-hydrogen) atoms. The van der Waals surface area contributed by atoms with Crippen LogP contribution < -0.4 is 9.05 Å². The molecule has 0 saturated carbocycles. The maximum atomic E-state index is 10.1. The highest BCUT2D eigenvalue weighted by Gasteiger charge is 2.15. The van der Waals surface area contributed by atoms with Crippen molar-refractivity contribution < 1.29 is 13.9 Å². The minimum Gasteiger partial charge on any atom is -0.418 e. The lowest BCUT2D eigenvalue weighted by molar-refractivity contribution is 0.380. The predicted octanol–water partition coefficient (Wildman–Crippen LogP) is 6.54. The van der Waals surface area contributed by atoms with Gasteiger partial charge in [0.05, 0.1) is 0 Å². The van der Waals surface area contributed by atoms with Crippen LogP contribution in [0, 0.1) is 10.8 Å². The van der Waals surface area contributed by atoms with Crippen molar-refractivity contribution in [2.45, 2.75) is 54.4 Å². The summed E-state index contributed by atoms with van der Waals surface area (Å²) in [5.74, 6) is 1.22. The summed E-state index contributed by atoms with van der Waals surface area (Å²) < 4.78 is 11.0. The van der Waals surface area contributed by atoms with Crippen molar-refractivity contribution in [2.24, 2.45) is 10.8 Å². The Morgan fingerprint density at radius 3 is 1.23 bits per heavy atom. The first kappa shape index (κ1) is 20.7. The van der Waals surface area contributed by atoms with Crippen LogP contribution in [-0.2, 0) is 12.8 Å². The van der Waals surface area contributed by atoms with Gasteiger partial charge in [0.2, 0.25) is 0 Å². The second-order valence-electron chi connectivity index (χ2n) is 9.18. The molecule has 142 valence electrons. The highest BCUT2D eigenvalue weighted by atomic mass is 31.2. The summed E-state index contributed by atoms with van der Waals surface area (Å²) in [4.78, 5) is 10.1. The number of hydrogen-bond acceptors (Lipinski definition) is 3. The van der Waals surface area contributed by atoms with Gasteiger partial charge in [-0.3, -0.25) is 0 Å². The molecule has 2 rings (SSSR count). The number of rotatable bonds is 6. The minimum absolute atomic E-state index is 0.244. The Morgan fingerprint density at radius 2 is 0.962 bits per heavy atom. The Balaban J connectivity index is 1.89. The van der Waals surface area contributed by atoms with E-state index < -0.39 is 8.60 Å². The molecular weight excluding hydrogens is 343 g/mol. The van der Waals surface area contributed by atoms with Gasteiger partial charge in [0.1, 0.15) is 11.5 Å². The van der Waals surface area contributed by atoms with Crippen LogP contribution in [0.25, 0.3) is 0 Å². The van der Waals surface area contributed by atoms with Gasteiger partial charge in [0.15, 0.2) is 0 Å². The fourth-order valence-electron chi connectivity index (χ4n) is 2.76. The molecule has 2 aromatic rings. The van der Waals surface area contributed by atoms with Crippen molar-refractivity contribution in [3.63, 3.8) is 0 Å². The zero-order valence-electron chi connectivity index (χ0n) is 16.7. The van der Waals surface area contributed by atoms with Gasteiger partial charge in [0.25, 0.3) is 0 Å². The molecule has 0 aliphatic carbocycles. The summed E-state index contributed by atoms with van der Waals surface area (Å²) in [6, 6.07) is 15.6. The Kier molecular flexibility index (Phi) is 6.71. The minimum atomic E-state index is -2.01. The van der Waals surface area contributed by atoms with Crippen LogP contribution in [0.1, 0.15) is 52.7 Å². The van der Waals surface area contributed by atoms with Crippen molar-refractivity contribution >= 4 is 8.60 Å². The average molecular weight is 374 g/mol. The molecule has 0 aliphatic rings. The molecule has 0 aliphatic heterocycles. The highest BCUT2D eigenvalue weighted by molar-refractivity contribution is 7.41. The first-order valence-electron chi connectivity index (χ1n) is 9.03. The van der Waals surface area contributed by atoms with E-state index in [0.29, 0.717) is 11.5 Å². The molecule has 2 aromatic carbocycles. The average Bonchev–Trinajstić information content (AvgIpc) is 2.48. The molecule has 0 unspecified atom stereocenters. The van der Waals surface area contributed by atoms with Crippen LogP contribution in [0.5, 0.6) is 11.5 Å².